The van der Waals surface area contributed by atoms with Crippen LogP contribution in [0.4, 0.5) is 0 Å². The third-order valence-corrected chi connectivity index (χ3v) is 2.40. The van der Waals surface area contributed by atoms with Gasteiger partial charge >= 0.3 is 0 Å². The van der Waals surface area contributed by atoms with E-state index in [-0.39, 0.29) is 6.54 Å². The quantitative estimate of drug-likeness (QED) is 0.614. The summed E-state index contributed by atoms with van der Waals surface area (Å²) in [6.45, 7) is 5.04. The number of pyridine rings is 1. The lowest BCUT2D eigenvalue weighted by Gasteiger charge is -2.32. The van der Waals surface area contributed by atoms with Gasteiger partial charge in [0.2, 0.25) is 5.79 Å². The second kappa shape index (κ2) is 6.15. The minimum atomic E-state index is -0.921. The summed E-state index contributed by atoms with van der Waals surface area (Å²) in [4.78, 5) is 3.92. The fraction of sp³-hybridized carbons (Fsp3) is 0.545. The number of ether oxygens (including phenoxy) is 2. The molecular weight excluding hydrogens is 228 g/mol. The lowest BCUT2D eigenvalue weighted by atomic mass is 10.1. The van der Waals surface area contributed by atoms with Crippen molar-refractivity contribution in [1.29, 1.82) is 0 Å². The molecule has 0 aromatic carbocycles. The Morgan fingerprint density at radius 2 is 2.00 bits per heavy atom. The van der Waals surface area contributed by atoms with Gasteiger partial charge in [0, 0.05) is 25.0 Å². The van der Waals surface area contributed by atoms with Gasteiger partial charge in [-0.15, -0.1) is 0 Å². The molecule has 0 unspecified atom stereocenters. The highest BCUT2D eigenvalue weighted by atomic mass is 35.5. The number of rotatable bonds is 6. The van der Waals surface area contributed by atoms with Crippen molar-refractivity contribution in [1.82, 2.24) is 4.98 Å². The highest BCUT2D eigenvalue weighted by Gasteiger charge is 2.32. The third kappa shape index (κ3) is 2.92. The number of aromatic nitrogens is 1. The van der Waals surface area contributed by atoms with Gasteiger partial charge in [0.25, 0.3) is 0 Å². The third-order valence-electron chi connectivity index (χ3n) is 2.19. The Bertz CT molecular complexity index is 328. The number of halogens is 1. The molecule has 0 fully saturated rings. The molecule has 0 aliphatic rings. The first kappa shape index (κ1) is 13.4. The van der Waals surface area contributed by atoms with E-state index in [1.165, 1.54) is 0 Å². The Morgan fingerprint density at radius 3 is 2.44 bits per heavy atom. The molecule has 90 valence electrons. The zero-order valence-corrected chi connectivity index (χ0v) is 10.3. The largest absolute Gasteiger partial charge is 0.345 e. The van der Waals surface area contributed by atoms with Crippen LogP contribution in [-0.2, 0) is 15.3 Å². The van der Waals surface area contributed by atoms with Gasteiger partial charge in [-0.2, -0.15) is 0 Å². The molecule has 5 heteroatoms. The Balaban J connectivity index is 3.07. The molecule has 1 rings (SSSR count). The van der Waals surface area contributed by atoms with Crippen molar-refractivity contribution in [2.24, 2.45) is 5.73 Å². The van der Waals surface area contributed by atoms with Crippen LogP contribution in [0, 0.1) is 0 Å². The highest BCUT2D eigenvalue weighted by molar-refractivity contribution is 6.29. The summed E-state index contributed by atoms with van der Waals surface area (Å²) >= 11 is 5.85. The van der Waals surface area contributed by atoms with Crippen LogP contribution in [0.5, 0.6) is 0 Å². The Hall–Kier alpha value is -0.680. The molecule has 0 amide bonds. The molecule has 0 bridgehead atoms. The zero-order chi connectivity index (χ0) is 12.0. The van der Waals surface area contributed by atoms with Crippen molar-refractivity contribution in [2.75, 3.05) is 19.8 Å². The smallest absolute Gasteiger partial charge is 0.207 e. The molecule has 0 aliphatic carbocycles. The topological polar surface area (TPSA) is 57.4 Å². The van der Waals surface area contributed by atoms with E-state index in [1.807, 2.05) is 13.8 Å². The van der Waals surface area contributed by atoms with Gasteiger partial charge in [-0.3, -0.25) is 0 Å². The SMILES string of the molecule is CCOC(CN)(OCC)c1ccnc(Cl)c1. The van der Waals surface area contributed by atoms with Crippen molar-refractivity contribution in [3.63, 3.8) is 0 Å². The van der Waals surface area contributed by atoms with E-state index in [1.54, 1.807) is 18.3 Å². The summed E-state index contributed by atoms with van der Waals surface area (Å²) in [5.74, 6) is -0.921. The normalized spacial score (nSPS) is 11.8. The predicted octanol–water partition coefficient (Wildman–Crippen LogP) is 1.92. The van der Waals surface area contributed by atoms with E-state index in [2.05, 4.69) is 4.98 Å². The minimum absolute atomic E-state index is 0.231. The van der Waals surface area contributed by atoms with Gasteiger partial charge in [0.05, 0.1) is 6.54 Å². The maximum absolute atomic E-state index is 5.85. The van der Waals surface area contributed by atoms with E-state index in [9.17, 15) is 0 Å². The van der Waals surface area contributed by atoms with Gasteiger partial charge in [-0.05, 0) is 26.0 Å². The summed E-state index contributed by atoms with van der Waals surface area (Å²) in [5.41, 5.74) is 6.54. The number of nitrogens with zero attached hydrogens (tertiary/aromatic N) is 1. The molecule has 4 nitrogen and oxygen atoms in total. The van der Waals surface area contributed by atoms with Crippen molar-refractivity contribution in [3.05, 3.63) is 29.0 Å². The molecule has 16 heavy (non-hydrogen) atoms. The van der Waals surface area contributed by atoms with E-state index < -0.39 is 5.79 Å². The minimum Gasteiger partial charge on any atom is -0.345 e. The van der Waals surface area contributed by atoms with Crippen LogP contribution in [0.1, 0.15) is 19.4 Å². The van der Waals surface area contributed by atoms with Crippen molar-refractivity contribution in [3.8, 4) is 0 Å². The van der Waals surface area contributed by atoms with Gasteiger partial charge in [0.1, 0.15) is 5.15 Å². The van der Waals surface area contributed by atoms with Crippen LogP contribution >= 0.6 is 11.6 Å². The number of hydrogen-bond acceptors (Lipinski definition) is 4. The summed E-state index contributed by atoms with van der Waals surface area (Å²) in [6.07, 6.45) is 1.61. The summed E-state index contributed by atoms with van der Waals surface area (Å²) < 4.78 is 11.3. The Kier molecular flexibility index (Phi) is 5.15. The Labute approximate surface area is 101 Å². The van der Waals surface area contributed by atoms with Gasteiger partial charge in [-0.25, -0.2) is 4.98 Å². The van der Waals surface area contributed by atoms with Crippen LogP contribution in [-0.4, -0.2) is 24.7 Å². The van der Waals surface area contributed by atoms with E-state index >= 15 is 0 Å². The molecule has 0 aliphatic heterocycles. The standard InChI is InChI=1S/C11H17ClN2O2/c1-3-15-11(8-13,16-4-2)9-5-6-14-10(12)7-9/h5-7H,3-4,8,13H2,1-2H3. The molecule has 0 saturated heterocycles. The first-order valence-electron chi connectivity index (χ1n) is 5.28. The Morgan fingerprint density at radius 1 is 1.38 bits per heavy atom. The molecule has 0 saturated carbocycles. The summed E-state index contributed by atoms with van der Waals surface area (Å²) in [5, 5.41) is 0.398. The lowest BCUT2D eigenvalue weighted by Crippen LogP contribution is -2.41. The van der Waals surface area contributed by atoms with Crippen molar-refractivity contribution < 1.29 is 9.47 Å². The van der Waals surface area contributed by atoms with Gasteiger partial charge in [0.15, 0.2) is 0 Å². The molecule has 0 radical (unpaired) electrons. The molecule has 1 aromatic rings. The van der Waals surface area contributed by atoms with Crippen LogP contribution < -0.4 is 5.73 Å². The van der Waals surface area contributed by atoms with Gasteiger partial charge in [-0.1, -0.05) is 11.6 Å². The molecule has 0 spiro atoms. The van der Waals surface area contributed by atoms with Crippen molar-refractivity contribution in [2.45, 2.75) is 19.6 Å². The first-order valence-corrected chi connectivity index (χ1v) is 5.66. The van der Waals surface area contributed by atoms with E-state index in [0.717, 1.165) is 5.56 Å². The average Bonchev–Trinajstić information content (AvgIpc) is 2.28. The van der Waals surface area contributed by atoms with Crippen LogP contribution in [0.15, 0.2) is 18.3 Å². The second-order valence-corrected chi connectivity index (χ2v) is 3.58. The zero-order valence-electron chi connectivity index (χ0n) is 9.57. The summed E-state index contributed by atoms with van der Waals surface area (Å²) in [6, 6.07) is 3.50. The number of hydrogen-bond donors (Lipinski definition) is 1. The average molecular weight is 245 g/mol. The molecular formula is C11H17ClN2O2. The lowest BCUT2D eigenvalue weighted by molar-refractivity contribution is -0.235. The van der Waals surface area contributed by atoms with Crippen LogP contribution in [0.2, 0.25) is 5.15 Å². The fourth-order valence-electron chi connectivity index (χ4n) is 1.55. The highest BCUT2D eigenvalue weighted by Crippen LogP contribution is 2.27. The fourth-order valence-corrected chi connectivity index (χ4v) is 1.72. The van der Waals surface area contributed by atoms with Crippen LogP contribution in [0.3, 0.4) is 0 Å². The van der Waals surface area contributed by atoms with E-state index in [0.29, 0.717) is 18.4 Å². The summed E-state index contributed by atoms with van der Waals surface area (Å²) in [7, 11) is 0. The number of nitrogens with two attached hydrogens (primary N) is 1. The van der Waals surface area contributed by atoms with Crippen LogP contribution in [0.25, 0.3) is 0 Å². The van der Waals surface area contributed by atoms with Gasteiger partial charge < -0.3 is 15.2 Å². The van der Waals surface area contributed by atoms with E-state index in [4.69, 9.17) is 26.8 Å². The maximum atomic E-state index is 5.85. The molecule has 2 N–H and O–H groups in total. The monoisotopic (exact) mass is 244 g/mol. The maximum Gasteiger partial charge on any atom is 0.207 e. The molecule has 1 heterocycles. The second-order valence-electron chi connectivity index (χ2n) is 3.19. The molecule has 0 atom stereocenters. The predicted molar refractivity (Wildman–Crippen MR) is 63.2 cm³/mol. The van der Waals surface area contributed by atoms with Crippen molar-refractivity contribution >= 4 is 11.6 Å². The molecule has 1 aromatic heterocycles. The first-order chi connectivity index (χ1) is 7.68.